The third-order valence-electron chi connectivity index (χ3n) is 3.59. The fraction of sp³-hybridized carbons (Fsp3) is 0.188. The van der Waals surface area contributed by atoms with Crippen LogP contribution < -0.4 is 16.2 Å². The molecule has 108 valence electrons. The standard InChI is InChI=1S/C16H16ClN3O/c17-12-8-6-11(7-9-12)15-14(10-18-20-15)16(21)19-13-4-2-1-3-5-13/h1-9,14-15,18,20H,10H2,(H,19,21). The van der Waals surface area contributed by atoms with E-state index in [0.717, 1.165) is 11.3 Å². The van der Waals surface area contributed by atoms with Crippen molar-refractivity contribution in [2.45, 2.75) is 6.04 Å². The molecule has 1 aliphatic heterocycles. The lowest BCUT2D eigenvalue weighted by Crippen LogP contribution is -2.29. The van der Waals surface area contributed by atoms with Gasteiger partial charge in [0.15, 0.2) is 0 Å². The molecule has 1 saturated heterocycles. The molecule has 1 fully saturated rings. The van der Waals surface area contributed by atoms with Crippen LogP contribution in [0.15, 0.2) is 54.6 Å². The van der Waals surface area contributed by atoms with Gasteiger partial charge in [0.2, 0.25) is 5.91 Å². The molecule has 2 atom stereocenters. The number of halogens is 1. The second kappa shape index (κ2) is 6.26. The van der Waals surface area contributed by atoms with Crippen LogP contribution in [-0.4, -0.2) is 12.5 Å². The Bertz CT molecular complexity index is 615. The van der Waals surface area contributed by atoms with Gasteiger partial charge in [0.25, 0.3) is 0 Å². The van der Waals surface area contributed by atoms with E-state index in [4.69, 9.17) is 11.6 Å². The first-order valence-electron chi connectivity index (χ1n) is 6.84. The average molecular weight is 302 g/mol. The minimum absolute atomic E-state index is 0.00125. The molecule has 3 rings (SSSR count). The molecule has 0 radical (unpaired) electrons. The minimum Gasteiger partial charge on any atom is -0.326 e. The number of nitrogens with one attached hydrogen (secondary N) is 3. The predicted octanol–water partition coefficient (Wildman–Crippen LogP) is 2.74. The van der Waals surface area contributed by atoms with Gasteiger partial charge in [0, 0.05) is 17.3 Å². The molecule has 2 aromatic carbocycles. The summed E-state index contributed by atoms with van der Waals surface area (Å²) in [6.07, 6.45) is 0. The van der Waals surface area contributed by atoms with Gasteiger partial charge in [-0.05, 0) is 29.8 Å². The summed E-state index contributed by atoms with van der Waals surface area (Å²) in [5.41, 5.74) is 8.06. The second-order valence-electron chi connectivity index (χ2n) is 5.02. The first kappa shape index (κ1) is 14.1. The lowest BCUT2D eigenvalue weighted by molar-refractivity contribution is -0.119. The molecular weight excluding hydrogens is 286 g/mol. The van der Waals surface area contributed by atoms with E-state index in [1.165, 1.54) is 0 Å². The number of hydrogen-bond donors (Lipinski definition) is 3. The number of rotatable bonds is 3. The Labute approximate surface area is 128 Å². The van der Waals surface area contributed by atoms with Crippen LogP contribution in [-0.2, 0) is 4.79 Å². The SMILES string of the molecule is O=C(Nc1ccccc1)C1CNNC1c1ccc(Cl)cc1. The van der Waals surface area contributed by atoms with Gasteiger partial charge in [-0.1, -0.05) is 41.9 Å². The summed E-state index contributed by atoms with van der Waals surface area (Å²) in [6, 6.07) is 17.0. The zero-order chi connectivity index (χ0) is 14.7. The lowest BCUT2D eigenvalue weighted by Gasteiger charge is -2.18. The van der Waals surface area contributed by atoms with E-state index in [1.54, 1.807) is 0 Å². The number of carbonyl (C=O) groups excluding carboxylic acids is 1. The summed E-state index contributed by atoms with van der Waals surface area (Å²) in [5.74, 6) is -0.176. The second-order valence-corrected chi connectivity index (χ2v) is 5.45. The fourth-order valence-corrected chi connectivity index (χ4v) is 2.61. The highest BCUT2D eigenvalue weighted by molar-refractivity contribution is 6.30. The molecule has 0 spiro atoms. The van der Waals surface area contributed by atoms with Crippen LogP contribution in [0.1, 0.15) is 11.6 Å². The highest BCUT2D eigenvalue weighted by Gasteiger charge is 2.33. The Morgan fingerprint density at radius 3 is 2.52 bits per heavy atom. The third kappa shape index (κ3) is 3.24. The Balaban J connectivity index is 1.74. The third-order valence-corrected chi connectivity index (χ3v) is 3.84. The molecule has 3 N–H and O–H groups in total. The van der Waals surface area contributed by atoms with E-state index in [9.17, 15) is 4.79 Å². The van der Waals surface area contributed by atoms with Crippen molar-refractivity contribution in [2.24, 2.45) is 5.92 Å². The largest absolute Gasteiger partial charge is 0.326 e. The Morgan fingerprint density at radius 1 is 1.10 bits per heavy atom. The maximum Gasteiger partial charge on any atom is 0.230 e. The number of anilines is 1. The van der Waals surface area contributed by atoms with Crippen molar-refractivity contribution in [1.29, 1.82) is 0 Å². The number of hydrazine groups is 1. The van der Waals surface area contributed by atoms with E-state index < -0.39 is 0 Å². The van der Waals surface area contributed by atoms with Crippen molar-refractivity contribution in [3.8, 4) is 0 Å². The molecule has 1 amide bonds. The van der Waals surface area contributed by atoms with Crippen LogP contribution in [0.4, 0.5) is 5.69 Å². The molecule has 1 heterocycles. The zero-order valence-electron chi connectivity index (χ0n) is 11.3. The maximum absolute atomic E-state index is 12.4. The van der Waals surface area contributed by atoms with Gasteiger partial charge < -0.3 is 5.32 Å². The number of amides is 1. The van der Waals surface area contributed by atoms with Gasteiger partial charge in [-0.3, -0.25) is 10.2 Å². The van der Waals surface area contributed by atoms with Crippen molar-refractivity contribution < 1.29 is 4.79 Å². The van der Waals surface area contributed by atoms with Gasteiger partial charge in [-0.25, -0.2) is 5.43 Å². The van der Waals surface area contributed by atoms with Crippen LogP contribution in [0.25, 0.3) is 0 Å². The molecule has 0 aliphatic carbocycles. The first-order chi connectivity index (χ1) is 10.2. The number of carbonyl (C=O) groups is 1. The van der Waals surface area contributed by atoms with Gasteiger partial charge in [0.05, 0.1) is 12.0 Å². The maximum atomic E-state index is 12.4. The van der Waals surface area contributed by atoms with Crippen molar-refractivity contribution in [1.82, 2.24) is 10.9 Å². The highest BCUT2D eigenvalue weighted by atomic mass is 35.5. The summed E-state index contributed by atoms with van der Waals surface area (Å²) >= 11 is 5.91. The van der Waals surface area contributed by atoms with Crippen LogP contribution in [0.3, 0.4) is 0 Å². The highest BCUT2D eigenvalue weighted by Crippen LogP contribution is 2.27. The van der Waals surface area contributed by atoms with Crippen molar-refractivity contribution in [2.75, 3.05) is 11.9 Å². The monoisotopic (exact) mass is 301 g/mol. The van der Waals surface area contributed by atoms with E-state index in [-0.39, 0.29) is 17.9 Å². The number of benzene rings is 2. The lowest BCUT2D eigenvalue weighted by atomic mass is 9.94. The molecule has 2 unspecified atom stereocenters. The summed E-state index contributed by atoms with van der Waals surface area (Å²) < 4.78 is 0. The fourth-order valence-electron chi connectivity index (χ4n) is 2.48. The molecule has 0 bridgehead atoms. The summed E-state index contributed by atoms with van der Waals surface area (Å²) in [4.78, 5) is 12.4. The normalized spacial score (nSPS) is 21.2. The van der Waals surface area contributed by atoms with Crippen molar-refractivity contribution in [3.05, 3.63) is 65.2 Å². The predicted molar refractivity (Wildman–Crippen MR) is 83.9 cm³/mol. The Hall–Kier alpha value is -1.88. The molecule has 5 heteroatoms. The van der Waals surface area contributed by atoms with Gasteiger partial charge >= 0.3 is 0 Å². The van der Waals surface area contributed by atoms with Crippen molar-refractivity contribution in [3.63, 3.8) is 0 Å². The van der Waals surface area contributed by atoms with Gasteiger partial charge in [-0.15, -0.1) is 0 Å². The van der Waals surface area contributed by atoms with E-state index in [2.05, 4.69) is 16.2 Å². The minimum atomic E-state index is -0.175. The van der Waals surface area contributed by atoms with E-state index in [1.807, 2.05) is 54.6 Å². The van der Waals surface area contributed by atoms with E-state index >= 15 is 0 Å². The smallest absolute Gasteiger partial charge is 0.230 e. The quantitative estimate of drug-likeness (QED) is 0.817. The number of hydrogen-bond acceptors (Lipinski definition) is 3. The van der Waals surface area contributed by atoms with Crippen LogP contribution in [0.2, 0.25) is 5.02 Å². The Morgan fingerprint density at radius 2 is 1.81 bits per heavy atom. The molecule has 0 saturated carbocycles. The molecular formula is C16H16ClN3O. The van der Waals surface area contributed by atoms with Gasteiger partial charge in [-0.2, -0.15) is 0 Å². The van der Waals surface area contributed by atoms with E-state index in [0.29, 0.717) is 11.6 Å². The molecule has 21 heavy (non-hydrogen) atoms. The number of para-hydroxylation sites is 1. The summed E-state index contributed by atoms with van der Waals surface area (Å²) in [7, 11) is 0. The molecule has 2 aromatic rings. The topological polar surface area (TPSA) is 53.2 Å². The summed E-state index contributed by atoms with van der Waals surface area (Å²) in [5, 5.41) is 3.64. The first-order valence-corrected chi connectivity index (χ1v) is 7.21. The van der Waals surface area contributed by atoms with Crippen LogP contribution in [0, 0.1) is 5.92 Å². The average Bonchev–Trinajstić information content (AvgIpc) is 2.98. The molecule has 0 aromatic heterocycles. The zero-order valence-corrected chi connectivity index (χ0v) is 12.1. The Kier molecular flexibility index (Phi) is 4.20. The summed E-state index contributed by atoms with van der Waals surface area (Å²) in [6.45, 7) is 0.589. The van der Waals surface area contributed by atoms with Crippen LogP contribution >= 0.6 is 11.6 Å². The van der Waals surface area contributed by atoms with Crippen molar-refractivity contribution >= 4 is 23.2 Å². The molecule has 4 nitrogen and oxygen atoms in total. The van der Waals surface area contributed by atoms with Gasteiger partial charge in [0.1, 0.15) is 0 Å². The van der Waals surface area contributed by atoms with Crippen LogP contribution in [0.5, 0.6) is 0 Å². The molecule has 1 aliphatic rings.